The van der Waals surface area contributed by atoms with Gasteiger partial charge in [0.2, 0.25) is 0 Å². The summed E-state index contributed by atoms with van der Waals surface area (Å²) in [6.45, 7) is 0. The molecule has 0 fully saturated rings. The molecule has 0 atom stereocenters. The minimum absolute atomic E-state index is 0.857. The molecule has 10 aromatic rings. The van der Waals surface area contributed by atoms with Crippen molar-refractivity contribution in [2.45, 2.75) is 0 Å². The summed E-state index contributed by atoms with van der Waals surface area (Å²) in [5, 5.41) is 4.53. The molecule has 9 aromatic carbocycles. The summed E-state index contributed by atoms with van der Waals surface area (Å²) in [6, 6.07) is 75.8. The fourth-order valence-corrected chi connectivity index (χ4v) is 7.75. The van der Waals surface area contributed by atoms with Crippen LogP contribution in [0.5, 0.6) is 0 Å². The summed E-state index contributed by atoms with van der Waals surface area (Å²) in [5.74, 6) is 0. The van der Waals surface area contributed by atoms with Crippen molar-refractivity contribution in [2.24, 2.45) is 0 Å². The molecule has 0 saturated heterocycles. The molecule has 1 aromatic heterocycles. The van der Waals surface area contributed by atoms with E-state index < -0.39 is 0 Å². The average molecular weight is 690 g/mol. The lowest BCUT2D eigenvalue weighted by Gasteiger charge is -2.29. The van der Waals surface area contributed by atoms with E-state index in [0.717, 1.165) is 55.5 Å². The van der Waals surface area contributed by atoms with E-state index >= 15 is 0 Å². The Balaban J connectivity index is 1.18. The molecule has 2 heteroatoms. The standard InChI is InChI=1S/C52H35NO/c1-4-12-36(13-5-1)38-20-22-39(23-21-38)41-26-30-46(31-27-41)53(45-28-24-40(25-29-45)37-14-6-2-7-15-37)52-47(42-16-8-3-9-17-42)32-33-49-51(52)48-34-43-18-10-11-19-44(43)35-50(48)54-49/h1-35H. The second-order valence-electron chi connectivity index (χ2n) is 13.7. The summed E-state index contributed by atoms with van der Waals surface area (Å²) in [5.41, 5.74) is 14.4. The van der Waals surface area contributed by atoms with E-state index in [9.17, 15) is 0 Å². The highest BCUT2D eigenvalue weighted by Gasteiger charge is 2.24. The Morgan fingerprint density at radius 1 is 0.315 bits per heavy atom. The Morgan fingerprint density at radius 2 is 0.722 bits per heavy atom. The predicted octanol–water partition coefficient (Wildman–Crippen LogP) is 14.9. The highest BCUT2D eigenvalue weighted by molar-refractivity contribution is 6.19. The van der Waals surface area contributed by atoms with E-state index in [0.29, 0.717) is 0 Å². The van der Waals surface area contributed by atoms with Crippen molar-refractivity contribution in [3.05, 3.63) is 212 Å². The maximum atomic E-state index is 6.68. The first-order valence-corrected chi connectivity index (χ1v) is 18.4. The van der Waals surface area contributed by atoms with E-state index in [1.807, 2.05) is 0 Å². The zero-order chi connectivity index (χ0) is 35.8. The van der Waals surface area contributed by atoms with Crippen LogP contribution in [0, 0.1) is 0 Å². The Hall–Kier alpha value is -7.16. The second kappa shape index (κ2) is 13.4. The van der Waals surface area contributed by atoms with E-state index in [1.54, 1.807) is 0 Å². The van der Waals surface area contributed by atoms with Crippen LogP contribution in [0.4, 0.5) is 17.1 Å². The number of nitrogens with zero attached hydrogens (tertiary/aromatic N) is 1. The van der Waals surface area contributed by atoms with Crippen molar-refractivity contribution in [3.8, 4) is 44.5 Å². The number of benzene rings is 9. The molecule has 0 aliphatic carbocycles. The van der Waals surface area contributed by atoms with Crippen LogP contribution in [-0.4, -0.2) is 0 Å². The number of anilines is 3. The van der Waals surface area contributed by atoms with Crippen LogP contribution in [0.25, 0.3) is 77.2 Å². The molecule has 1 heterocycles. The van der Waals surface area contributed by atoms with Gasteiger partial charge in [0.15, 0.2) is 0 Å². The third kappa shape index (κ3) is 5.71. The van der Waals surface area contributed by atoms with Gasteiger partial charge in [0, 0.05) is 22.3 Å². The van der Waals surface area contributed by atoms with Gasteiger partial charge in [-0.25, -0.2) is 0 Å². The molecular formula is C52H35NO. The van der Waals surface area contributed by atoms with Gasteiger partial charge < -0.3 is 9.32 Å². The smallest absolute Gasteiger partial charge is 0.137 e. The summed E-state index contributed by atoms with van der Waals surface area (Å²) >= 11 is 0. The van der Waals surface area contributed by atoms with E-state index in [1.165, 1.54) is 38.8 Å². The molecule has 0 bridgehead atoms. The van der Waals surface area contributed by atoms with Gasteiger partial charge in [-0.05, 0) is 98.2 Å². The maximum Gasteiger partial charge on any atom is 0.137 e. The molecule has 2 nitrogen and oxygen atoms in total. The monoisotopic (exact) mass is 689 g/mol. The highest BCUT2D eigenvalue weighted by Crippen LogP contribution is 2.49. The molecule has 54 heavy (non-hydrogen) atoms. The average Bonchev–Trinajstić information content (AvgIpc) is 3.62. The second-order valence-corrected chi connectivity index (χ2v) is 13.7. The van der Waals surface area contributed by atoms with Crippen LogP contribution in [0.15, 0.2) is 217 Å². The molecule has 0 aliphatic heterocycles. The van der Waals surface area contributed by atoms with Gasteiger partial charge in [-0.15, -0.1) is 0 Å². The van der Waals surface area contributed by atoms with Crippen LogP contribution < -0.4 is 4.90 Å². The summed E-state index contributed by atoms with van der Waals surface area (Å²) in [7, 11) is 0. The van der Waals surface area contributed by atoms with E-state index in [-0.39, 0.29) is 0 Å². The number of hydrogen-bond acceptors (Lipinski definition) is 2. The Morgan fingerprint density at radius 3 is 1.22 bits per heavy atom. The lowest BCUT2D eigenvalue weighted by molar-refractivity contribution is 0.669. The number of hydrogen-bond donors (Lipinski definition) is 0. The first-order chi connectivity index (χ1) is 26.8. The first kappa shape index (κ1) is 31.6. The van der Waals surface area contributed by atoms with Crippen LogP contribution in [0.2, 0.25) is 0 Å². The minimum Gasteiger partial charge on any atom is -0.456 e. The lowest BCUT2D eigenvalue weighted by atomic mass is 9.96. The molecular weight excluding hydrogens is 655 g/mol. The van der Waals surface area contributed by atoms with Gasteiger partial charge in [-0.1, -0.05) is 164 Å². The topological polar surface area (TPSA) is 16.4 Å². The number of rotatable bonds is 7. The van der Waals surface area contributed by atoms with Gasteiger partial charge in [0.25, 0.3) is 0 Å². The Labute approximate surface area is 314 Å². The molecule has 0 N–H and O–H groups in total. The van der Waals surface area contributed by atoms with E-state index in [4.69, 9.17) is 4.42 Å². The molecule has 0 unspecified atom stereocenters. The van der Waals surface area contributed by atoms with Crippen molar-refractivity contribution in [3.63, 3.8) is 0 Å². The minimum atomic E-state index is 0.857. The van der Waals surface area contributed by atoms with Crippen molar-refractivity contribution in [2.75, 3.05) is 4.90 Å². The van der Waals surface area contributed by atoms with Crippen molar-refractivity contribution in [1.82, 2.24) is 0 Å². The molecule has 0 aliphatic rings. The quantitative estimate of drug-likeness (QED) is 0.166. The summed E-state index contributed by atoms with van der Waals surface area (Å²) in [4.78, 5) is 2.41. The van der Waals surface area contributed by atoms with Crippen LogP contribution >= 0.6 is 0 Å². The third-order valence-corrected chi connectivity index (χ3v) is 10.5. The van der Waals surface area contributed by atoms with Gasteiger partial charge in [-0.2, -0.15) is 0 Å². The lowest BCUT2D eigenvalue weighted by Crippen LogP contribution is -2.11. The molecule has 0 saturated carbocycles. The van der Waals surface area contributed by atoms with E-state index in [2.05, 4.69) is 217 Å². The molecule has 0 amide bonds. The van der Waals surface area contributed by atoms with Gasteiger partial charge >= 0.3 is 0 Å². The summed E-state index contributed by atoms with van der Waals surface area (Å²) in [6.07, 6.45) is 0. The fourth-order valence-electron chi connectivity index (χ4n) is 7.75. The van der Waals surface area contributed by atoms with Crippen molar-refractivity contribution < 1.29 is 4.42 Å². The van der Waals surface area contributed by atoms with Crippen molar-refractivity contribution >= 4 is 49.8 Å². The first-order valence-electron chi connectivity index (χ1n) is 18.4. The van der Waals surface area contributed by atoms with Crippen LogP contribution in [0.3, 0.4) is 0 Å². The maximum absolute atomic E-state index is 6.68. The number of fused-ring (bicyclic) bond motifs is 4. The molecule has 254 valence electrons. The largest absolute Gasteiger partial charge is 0.456 e. The van der Waals surface area contributed by atoms with Gasteiger partial charge in [0.05, 0.1) is 11.1 Å². The van der Waals surface area contributed by atoms with Crippen LogP contribution in [-0.2, 0) is 0 Å². The SMILES string of the molecule is c1ccc(-c2ccc(-c3ccc(N(c4ccc(-c5ccccc5)cc4)c4c(-c5ccccc5)ccc5oc6cc7ccccc7cc6c45)cc3)cc2)cc1. The predicted molar refractivity (Wildman–Crippen MR) is 228 cm³/mol. The highest BCUT2D eigenvalue weighted by atomic mass is 16.3. The normalized spacial score (nSPS) is 11.3. The Bertz CT molecular complexity index is 2880. The third-order valence-electron chi connectivity index (χ3n) is 10.5. The zero-order valence-electron chi connectivity index (χ0n) is 29.6. The van der Waals surface area contributed by atoms with Crippen molar-refractivity contribution in [1.29, 1.82) is 0 Å². The fraction of sp³-hybridized carbons (Fsp3) is 0. The number of furan rings is 1. The Kier molecular flexibility index (Phi) is 7.85. The molecule has 0 spiro atoms. The molecule has 0 radical (unpaired) electrons. The molecule has 10 rings (SSSR count). The summed E-state index contributed by atoms with van der Waals surface area (Å²) < 4.78 is 6.68. The van der Waals surface area contributed by atoms with Gasteiger partial charge in [0.1, 0.15) is 11.2 Å². The van der Waals surface area contributed by atoms with Crippen LogP contribution in [0.1, 0.15) is 0 Å². The zero-order valence-corrected chi connectivity index (χ0v) is 29.6. The van der Waals surface area contributed by atoms with Gasteiger partial charge in [-0.3, -0.25) is 0 Å².